The van der Waals surface area contributed by atoms with Gasteiger partial charge >= 0.3 is 5.97 Å². The Balaban J connectivity index is 2.42. The van der Waals surface area contributed by atoms with E-state index < -0.39 is 22.0 Å². The van der Waals surface area contributed by atoms with Gasteiger partial charge in [-0.1, -0.05) is 0 Å². The van der Waals surface area contributed by atoms with E-state index in [4.69, 9.17) is 10.4 Å². The van der Waals surface area contributed by atoms with Gasteiger partial charge in [0.25, 0.3) is 0 Å². The number of hydrogen-bond donors (Lipinski definition) is 1. The lowest BCUT2D eigenvalue weighted by molar-refractivity contribution is -0.140. The fourth-order valence-corrected chi connectivity index (χ4v) is 3.67. The molecule has 1 atom stereocenters. The highest BCUT2D eigenvalue weighted by molar-refractivity contribution is 7.89. The molecule has 0 amide bonds. The maximum atomic E-state index is 12.3. The normalized spacial score (nSPS) is 20.1. The van der Waals surface area contributed by atoms with Crippen LogP contribution in [-0.4, -0.2) is 41.4 Å². The number of carboxylic acid groups (broad SMARTS) is 1. The summed E-state index contributed by atoms with van der Waals surface area (Å²) in [5.41, 5.74) is 0.118. The molecule has 0 spiro atoms. The average Bonchev–Trinajstić information content (AvgIpc) is 2.89. The van der Waals surface area contributed by atoms with Gasteiger partial charge in [0.15, 0.2) is 0 Å². The summed E-state index contributed by atoms with van der Waals surface area (Å²) in [6, 6.07) is 1.95. The van der Waals surface area contributed by atoms with Gasteiger partial charge in [0.2, 0.25) is 10.0 Å². The predicted octanol–water partition coefficient (Wildman–Crippen LogP) is 0.191. The second-order valence-electron chi connectivity index (χ2n) is 4.13. The van der Waals surface area contributed by atoms with Crippen molar-refractivity contribution in [1.82, 2.24) is 9.29 Å². The molecule has 0 saturated carbocycles. The minimum absolute atomic E-state index is 0.118. The van der Waals surface area contributed by atoms with E-state index in [1.165, 1.54) is 12.3 Å². The van der Waals surface area contributed by atoms with Gasteiger partial charge in [-0.15, -0.1) is 0 Å². The predicted molar refractivity (Wildman–Crippen MR) is 63.5 cm³/mol. The number of carboxylic acids is 1. The Bertz CT molecular complexity index is 650. The number of nitrogens with zero attached hydrogens (tertiary/aromatic N) is 3. The fraction of sp³-hybridized carbons (Fsp3) is 0.364. The van der Waals surface area contributed by atoms with Gasteiger partial charge in [-0.2, -0.15) is 9.57 Å². The summed E-state index contributed by atoms with van der Waals surface area (Å²) in [7, 11) is -3.93. The number of hydrogen-bond acceptors (Lipinski definition) is 5. The SMILES string of the molecule is N#Cc1cncc(S(=O)(=O)N2CCC[C@@H]2C(=O)O)c1. The van der Waals surface area contributed by atoms with E-state index in [9.17, 15) is 13.2 Å². The summed E-state index contributed by atoms with van der Waals surface area (Å²) in [6.07, 6.45) is 3.16. The monoisotopic (exact) mass is 281 g/mol. The molecule has 0 aliphatic carbocycles. The first-order chi connectivity index (χ1) is 8.96. The lowest BCUT2D eigenvalue weighted by atomic mass is 10.2. The van der Waals surface area contributed by atoms with E-state index in [2.05, 4.69) is 4.98 Å². The summed E-state index contributed by atoms with van der Waals surface area (Å²) in [6.45, 7) is 0.163. The van der Waals surface area contributed by atoms with E-state index in [1.54, 1.807) is 6.07 Å². The number of pyridine rings is 1. The third kappa shape index (κ3) is 2.43. The van der Waals surface area contributed by atoms with Crippen molar-refractivity contribution in [2.24, 2.45) is 0 Å². The molecule has 1 aliphatic heterocycles. The van der Waals surface area contributed by atoms with Crippen molar-refractivity contribution in [1.29, 1.82) is 5.26 Å². The second kappa shape index (κ2) is 4.95. The zero-order chi connectivity index (χ0) is 14.0. The largest absolute Gasteiger partial charge is 0.480 e. The molecule has 1 N–H and O–H groups in total. The van der Waals surface area contributed by atoms with Gasteiger partial charge in [-0.3, -0.25) is 9.78 Å². The number of aromatic nitrogens is 1. The van der Waals surface area contributed by atoms with Crippen molar-refractivity contribution in [3.63, 3.8) is 0 Å². The number of nitriles is 1. The van der Waals surface area contributed by atoms with Crippen LogP contribution in [0.1, 0.15) is 18.4 Å². The van der Waals surface area contributed by atoms with E-state index >= 15 is 0 Å². The molecule has 2 rings (SSSR count). The van der Waals surface area contributed by atoms with Crippen LogP contribution in [0.4, 0.5) is 0 Å². The van der Waals surface area contributed by atoms with Crippen LogP contribution in [-0.2, 0) is 14.8 Å². The molecular formula is C11H11N3O4S. The quantitative estimate of drug-likeness (QED) is 0.846. The van der Waals surface area contributed by atoms with Crippen LogP contribution < -0.4 is 0 Å². The molecule has 0 unspecified atom stereocenters. The van der Waals surface area contributed by atoms with Gasteiger partial charge in [0, 0.05) is 18.9 Å². The van der Waals surface area contributed by atoms with E-state index in [-0.39, 0.29) is 17.0 Å². The molecule has 1 aliphatic rings. The lowest BCUT2D eigenvalue weighted by Gasteiger charge is -2.20. The van der Waals surface area contributed by atoms with Gasteiger partial charge in [0.05, 0.1) is 5.56 Å². The Morgan fingerprint density at radius 3 is 2.89 bits per heavy atom. The van der Waals surface area contributed by atoms with Gasteiger partial charge in [-0.05, 0) is 18.9 Å². The minimum atomic E-state index is -3.93. The van der Waals surface area contributed by atoms with Crippen LogP contribution >= 0.6 is 0 Å². The highest BCUT2D eigenvalue weighted by Gasteiger charge is 2.39. The topological polar surface area (TPSA) is 111 Å². The Kier molecular flexibility index (Phi) is 3.50. The van der Waals surface area contributed by atoms with Crippen molar-refractivity contribution >= 4 is 16.0 Å². The summed E-state index contributed by atoms with van der Waals surface area (Å²) in [5.74, 6) is -1.16. The first-order valence-corrected chi connectivity index (χ1v) is 7.00. The zero-order valence-electron chi connectivity index (χ0n) is 9.85. The molecule has 0 bridgehead atoms. The third-order valence-electron chi connectivity index (χ3n) is 2.94. The molecule has 1 aromatic heterocycles. The standard InChI is InChI=1S/C11H11N3O4S/c12-5-8-4-9(7-13-6-8)19(17,18)14-3-1-2-10(14)11(15)16/h4,6-7,10H,1-3H2,(H,15,16)/t10-/m1/s1. The lowest BCUT2D eigenvalue weighted by Crippen LogP contribution is -2.40. The van der Waals surface area contributed by atoms with Crippen molar-refractivity contribution in [2.75, 3.05) is 6.54 Å². The molecule has 100 valence electrons. The second-order valence-corrected chi connectivity index (χ2v) is 6.02. The van der Waals surface area contributed by atoms with Crippen LogP contribution in [0.25, 0.3) is 0 Å². The molecule has 0 radical (unpaired) electrons. The van der Waals surface area contributed by atoms with Crippen LogP contribution in [0.5, 0.6) is 0 Å². The van der Waals surface area contributed by atoms with E-state index in [1.807, 2.05) is 0 Å². The minimum Gasteiger partial charge on any atom is -0.480 e. The van der Waals surface area contributed by atoms with Crippen LogP contribution in [0.2, 0.25) is 0 Å². The molecule has 8 heteroatoms. The van der Waals surface area contributed by atoms with E-state index in [0.717, 1.165) is 10.5 Å². The summed E-state index contributed by atoms with van der Waals surface area (Å²) < 4.78 is 25.6. The molecule has 2 heterocycles. The van der Waals surface area contributed by atoms with Crippen LogP contribution in [0.15, 0.2) is 23.4 Å². The summed E-state index contributed by atoms with van der Waals surface area (Å²) in [4.78, 5) is 14.6. The number of aliphatic carboxylic acids is 1. The summed E-state index contributed by atoms with van der Waals surface area (Å²) >= 11 is 0. The van der Waals surface area contributed by atoms with Crippen molar-refractivity contribution < 1.29 is 18.3 Å². The Hall–Kier alpha value is -1.98. The maximum Gasteiger partial charge on any atom is 0.322 e. The number of carbonyl (C=O) groups is 1. The molecule has 1 fully saturated rings. The molecular weight excluding hydrogens is 270 g/mol. The smallest absolute Gasteiger partial charge is 0.322 e. The molecule has 19 heavy (non-hydrogen) atoms. The molecule has 0 aromatic carbocycles. The molecule has 1 aromatic rings. The Labute approximate surface area is 110 Å². The van der Waals surface area contributed by atoms with Crippen LogP contribution in [0, 0.1) is 11.3 Å². The number of sulfonamides is 1. The van der Waals surface area contributed by atoms with Gasteiger partial charge in [0.1, 0.15) is 17.0 Å². The van der Waals surface area contributed by atoms with Crippen molar-refractivity contribution in [2.45, 2.75) is 23.8 Å². The summed E-state index contributed by atoms with van der Waals surface area (Å²) in [5, 5.41) is 17.8. The first-order valence-electron chi connectivity index (χ1n) is 5.56. The highest BCUT2D eigenvalue weighted by Crippen LogP contribution is 2.26. The zero-order valence-corrected chi connectivity index (χ0v) is 10.7. The van der Waals surface area contributed by atoms with E-state index in [0.29, 0.717) is 12.8 Å². The van der Waals surface area contributed by atoms with Crippen LogP contribution in [0.3, 0.4) is 0 Å². The first kappa shape index (κ1) is 13.5. The Morgan fingerprint density at radius 1 is 1.53 bits per heavy atom. The molecule has 7 nitrogen and oxygen atoms in total. The average molecular weight is 281 g/mol. The maximum absolute atomic E-state index is 12.3. The fourth-order valence-electron chi connectivity index (χ4n) is 2.03. The van der Waals surface area contributed by atoms with Gasteiger partial charge in [-0.25, -0.2) is 8.42 Å². The van der Waals surface area contributed by atoms with Gasteiger partial charge < -0.3 is 5.11 Å². The highest BCUT2D eigenvalue weighted by atomic mass is 32.2. The van der Waals surface area contributed by atoms with Crippen molar-refractivity contribution in [3.8, 4) is 6.07 Å². The number of rotatable bonds is 3. The van der Waals surface area contributed by atoms with Crippen molar-refractivity contribution in [3.05, 3.63) is 24.0 Å². The third-order valence-corrected chi connectivity index (χ3v) is 4.81. The molecule has 1 saturated heterocycles. The Morgan fingerprint density at radius 2 is 2.26 bits per heavy atom.